The van der Waals surface area contributed by atoms with Gasteiger partial charge in [-0.05, 0) is 19.5 Å². The van der Waals surface area contributed by atoms with Crippen molar-refractivity contribution in [1.82, 2.24) is 20.6 Å². The van der Waals surface area contributed by atoms with Crippen LogP contribution in [0, 0.1) is 5.92 Å². The van der Waals surface area contributed by atoms with Crippen molar-refractivity contribution >= 4 is 17.9 Å². The summed E-state index contributed by atoms with van der Waals surface area (Å²) in [6.45, 7) is 4.60. The molecule has 1 fully saturated rings. The Bertz CT molecular complexity index is 548. The molecule has 138 valence electrons. The highest BCUT2D eigenvalue weighted by molar-refractivity contribution is 7.99. The van der Waals surface area contributed by atoms with Gasteiger partial charge in [0.2, 0.25) is 0 Å². The summed E-state index contributed by atoms with van der Waals surface area (Å²) in [6.07, 6.45) is 3.99. The molecule has 3 unspecified atom stereocenters. The van der Waals surface area contributed by atoms with Crippen molar-refractivity contribution in [2.45, 2.75) is 29.2 Å². The standard InChI is InChI=1S/C16H24N4O4S/c1-3-7-23-16(22)20-10-12-8-11(9-17-2)13(21)14(24-12)25-15-18-5-4-6-19-15/h3-6,11-14,17,21H,1,7-10H2,2H3,(H,20,22)/t11-,12?,13?,14?/m1/s1. The molecule has 1 aromatic heterocycles. The minimum atomic E-state index is -0.662. The molecule has 4 atom stereocenters. The Labute approximate surface area is 151 Å². The average molecular weight is 368 g/mol. The maximum Gasteiger partial charge on any atom is 0.407 e. The Morgan fingerprint density at radius 3 is 2.96 bits per heavy atom. The molecule has 1 saturated heterocycles. The van der Waals surface area contributed by atoms with E-state index in [-0.39, 0.29) is 18.6 Å². The number of thioether (sulfide) groups is 1. The highest BCUT2D eigenvalue weighted by Crippen LogP contribution is 2.33. The molecule has 0 radical (unpaired) electrons. The highest BCUT2D eigenvalue weighted by atomic mass is 32.2. The van der Waals surface area contributed by atoms with E-state index in [1.807, 2.05) is 7.05 Å². The summed E-state index contributed by atoms with van der Waals surface area (Å²) in [7, 11) is 1.84. The van der Waals surface area contributed by atoms with Crippen molar-refractivity contribution < 1.29 is 19.4 Å². The molecule has 0 aliphatic carbocycles. The van der Waals surface area contributed by atoms with Gasteiger partial charge in [-0.25, -0.2) is 14.8 Å². The number of aliphatic hydroxyl groups is 1. The molecule has 9 heteroatoms. The van der Waals surface area contributed by atoms with Crippen LogP contribution in [0.3, 0.4) is 0 Å². The third-order valence-corrected chi connectivity index (χ3v) is 4.73. The maximum atomic E-state index is 11.6. The van der Waals surface area contributed by atoms with Gasteiger partial charge in [0.15, 0.2) is 5.16 Å². The molecule has 1 amide bonds. The summed E-state index contributed by atoms with van der Waals surface area (Å²) in [6, 6.07) is 1.73. The van der Waals surface area contributed by atoms with E-state index in [9.17, 15) is 9.90 Å². The first kappa shape index (κ1) is 19.6. The van der Waals surface area contributed by atoms with Crippen molar-refractivity contribution in [2.24, 2.45) is 5.92 Å². The number of nitrogens with zero attached hydrogens (tertiary/aromatic N) is 2. The van der Waals surface area contributed by atoms with E-state index in [1.165, 1.54) is 17.8 Å². The number of alkyl carbamates (subject to hydrolysis) is 1. The second-order valence-corrected chi connectivity index (χ2v) is 6.65. The van der Waals surface area contributed by atoms with E-state index in [2.05, 4.69) is 27.2 Å². The van der Waals surface area contributed by atoms with Crippen molar-refractivity contribution in [3.05, 3.63) is 31.1 Å². The smallest absolute Gasteiger partial charge is 0.407 e. The van der Waals surface area contributed by atoms with Crippen LogP contribution >= 0.6 is 11.8 Å². The molecule has 8 nitrogen and oxygen atoms in total. The van der Waals surface area contributed by atoms with Crippen LogP contribution in [0.1, 0.15) is 6.42 Å². The number of hydrogen-bond acceptors (Lipinski definition) is 8. The molecule has 25 heavy (non-hydrogen) atoms. The zero-order valence-electron chi connectivity index (χ0n) is 14.1. The second-order valence-electron chi connectivity index (χ2n) is 5.59. The number of amides is 1. The van der Waals surface area contributed by atoms with Gasteiger partial charge in [-0.3, -0.25) is 0 Å². The molecule has 1 aromatic rings. The van der Waals surface area contributed by atoms with Crippen molar-refractivity contribution in [3.8, 4) is 0 Å². The zero-order chi connectivity index (χ0) is 18.1. The first-order valence-electron chi connectivity index (χ1n) is 8.07. The maximum absolute atomic E-state index is 11.6. The minimum Gasteiger partial charge on any atom is -0.445 e. The quantitative estimate of drug-likeness (QED) is 0.457. The monoisotopic (exact) mass is 368 g/mol. The first-order valence-corrected chi connectivity index (χ1v) is 8.95. The van der Waals surface area contributed by atoms with E-state index in [1.54, 1.807) is 18.5 Å². The van der Waals surface area contributed by atoms with Gasteiger partial charge in [0, 0.05) is 31.4 Å². The second kappa shape index (κ2) is 10.3. The fourth-order valence-electron chi connectivity index (χ4n) is 2.55. The average Bonchev–Trinajstić information content (AvgIpc) is 2.62. The Morgan fingerprint density at radius 2 is 2.28 bits per heavy atom. The number of rotatable bonds is 8. The van der Waals surface area contributed by atoms with Gasteiger partial charge in [-0.15, -0.1) is 0 Å². The predicted molar refractivity (Wildman–Crippen MR) is 94.1 cm³/mol. The molecular formula is C16H24N4O4S. The van der Waals surface area contributed by atoms with Crippen LogP contribution < -0.4 is 10.6 Å². The van der Waals surface area contributed by atoms with Crippen LogP contribution in [0.5, 0.6) is 0 Å². The number of aliphatic hydroxyl groups excluding tert-OH is 1. The lowest BCUT2D eigenvalue weighted by Gasteiger charge is -2.38. The minimum absolute atomic E-state index is 0.00374. The molecule has 3 N–H and O–H groups in total. The van der Waals surface area contributed by atoms with Crippen molar-refractivity contribution in [2.75, 3.05) is 26.7 Å². The topological polar surface area (TPSA) is 106 Å². The van der Waals surface area contributed by atoms with Crippen molar-refractivity contribution in [1.29, 1.82) is 0 Å². The summed E-state index contributed by atoms with van der Waals surface area (Å²) in [5.41, 5.74) is -0.509. The van der Waals surface area contributed by atoms with Gasteiger partial charge in [-0.1, -0.05) is 24.4 Å². The Balaban J connectivity index is 1.95. The largest absolute Gasteiger partial charge is 0.445 e. The third kappa shape index (κ3) is 6.28. The van der Waals surface area contributed by atoms with Gasteiger partial charge in [0.1, 0.15) is 12.0 Å². The number of carbonyl (C=O) groups is 1. The van der Waals surface area contributed by atoms with Crippen LogP contribution in [0.15, 0.2) is 36.3 Å². The summed E-state index contributed by atoms with van der Waals surface area (Å²) >= 11 is 1.27. The Morgan fingerprint density at radius 1 is 1.52 bits per heavy atom. The molecule has 0 spiro atoms. The number of ether oxygens (including phenoxy) is 2. The molecule has 0 aromatic carbocycles. The molecular weight excluding hydrogens is 344 g/mol. The lowest BCUT2D eigenvalue weighted by molar-refractivity contribution is -0.103. The van der Waals surface area contributed by atoms with Gasteiger partial charge >= 0.3 is 6.09 Å². The third-order valence-electron chi connectivity index (χ3n) is 3.69. The van der Waals surface area contributed by atoms with E-state index in [4.69, 9.17) is 9.47 Å². The predicted octanol–water partition coefficient (Wildman–Crippen LogP) is 0.792. The molecule has 2 rings (SSSR count). The molecule has 2 heterocycles. The zero-order valence-corrected chi connectivity index (χ0v) is 14.9. The molecule has 1 aliphatic rings. The SMILES string of the molecule is C=CCOC(=O)NCC1C[C@H](CNC)C(O)C(Sc2ncccn2)O1. The Hall–Kier alpha value is -1.68. The summed E-state index contributed by atoms with van der Waals surface area (Å²) in [4.78, 5) is 19.9. The Kier molecular flexibility index (Phi) is 8.13. The summed E-state index contributed by atoms with van der Waals surface area (Å²) in [5, 5.41) is 16.9. The number of hydrogen-bond donors (Lipinski definition) is 3. The van der Waals surface area contributed by atoms with Crippen molar-refractivity contribution in [3.63, 3.8) is 0 Å². The van der Waals surface area contributed by atoms with E-state index in [0.717, 1.165) is 0 Å². The summed E-state index contributed by atoms with van der Waals surface area (Å²) < 4.78 is 10.8. The lowest BCUT2D eigenvalue weighted by Crippen LogP contribution is -2.49. The van der Waals surface area contributed by atoms with Crippen LogP contribution in [0.2, 0.25) is 0 Å². The summed E-state index contributed by atoms with van der Waals surface area (Å²) in [5.74, 6) is -0.00374. The van der Waals surface area contributed by atoms with E-state index >= 15 is 0 Å². The van der Waals surface area contributed by atoms with Crippen LogP contribution in [0.25, 0.3) is 0 Å². The number of carbonyl (C=O) groups excluding carboxylic acids is 1. The fourth-order valence-corrected chi connectivity index (χ4v) is 3.58. The highest BCUT2D eigenvalue weighted by Gasteiger charge is 2.38. The molecule has 1 aliphatic heterocycles. The molecule has 0 bridgehead atoms. The number of aromatic nitrogens is 2. The lowest BCUT2D eigenvalue weighted by atomic mass is 9.92. The van der Waals surface area contributed by atoms with E-state index in [0.29, 0.717) is 24.7 Å². The van der Waals surface area contributed by atoms with E-state index < -0.39 is 17.6 Å². The first-order chi connectivity index (χ1) is 12.1. The van der Waals surface area contributed by atoms with Gasteiger partial charge in [0.05, 0.1) is 12.2 Å². The van der Waals surface area contributed by atoms with Gasteiger partial charge in [0.25, 0.3) is 0 Å². The van der Waals surface area contributed by atoms with Gasteiger partial charge in [-0.2, -0.15) is 0 Å². The van der Waals surface area contributed by atoms with Gasteiger partial charge < -0.3 is 25.2 Å². The fraction of sp³-hybridized carbons (Fsp3) is 0.562. The number of nitrogens with one attached hydrogen (secondary N) is 2. The van der Waals surface area contributed by atoms with Crippen LogP contribution in [-0.2, 0) is 9.47 Å². The van der Waals surface area contributed by atoms with Crippen LogP contribution in [-0.4, -0.2) is 65.6 Å². The molecule has 0 saturated carbocycles. The normalized spacial score (nSPS) is 26.0. The van der Waals surface area contributed by atoms with Crippen LogP contribution in [0.4, 0.5) is 4.79 Å².